The molecule has 0 bridgehead atoms. The molecule has 0 amide bonds. The van der Waals surface area contributed by atoms with Crippen LogP contribution in [0.2, 0.25) is 0 Å². The molecule has 3 nitrogen and oxygen atoms in total. The van der Waals surface area contributed by atoms with Gasteiger partial charge in [0.1, 0.15) is 5.75 Å². The van der Waals surface area contributed by atoms with E-state index < -0.39 is 0 Å². The summed E-state index contributed by atoms with van der Waals surface area (Å²) in [7, 11) is 0. The Bertz CT molecular complexity index is 783. The molecular weight excluding hydrogens is 272 g/mol. The van der Waals surface area contributed by atoms with Crippen LogP contribution in [0.1, 0.15) is 36.2 Å². The summed E-state index contributed by atoms with van der Waals surface area (Å²) in [5.74, 6) is 0.754. The van der Waals surface area contributed by atoms with E-state index in [2.05, 4.69) is 31.0 Å². The number of fused-ring (bicyclic) bond motifs is 1. The van der Waals surface area contributed by atoms with Gasteiger partial charge in [-0.15, -0.1) is 0 Å². The second-order valence-corrected chi connectivity index (χ2v) is 6.33. The molecule has 0 aliphatic carbocycles. The molecule has 0 radical (unpaired) electrons. The molecular formula is C19H18N2O. The molecule has 1 aliphatic heterocycles. The molecule has 3 rings (SSSR count). The van der Waals surface area contributed by atoms with E-state index in [1.54, 1.807) is 6.20 Å². The van der Waals surface area contributed by atoms with E-state index in [0.29, 0.717) is 12.2 Å². The maximum absolute atomic E-state index is 9.24. The summed E-state index contributed by atoms with van der Waals surface area (Å²) in [6.07, 6.45) is 4.01. The molecule has 1 aliphatic rings. The minimum absolute atomic E-state index is 0.105. The van der Waals surface area contributed by atoms with Crippen molar-refractivity contribution < 1.29 is 4.74 Å². The molecule has 0 spiro atoms. The third-order valence-corrected chi connectivity index (χ3v) is 3.81. The van der Waals surface area contributed by atoms with Crippen molar-refractivity contribution in [2.75, 3.05) is 6.61 Å². The van der Waals surface area contributed by atoms with Crippen LogP contribution in [-0.4, -0.2) is 11.6 Å². The molecule has 2 aromatic rings. The zero-order valence-corrected chi connectivity index (χ0v) is 13.1. The normalized spacial score (nSPS) is 15.8. The third kappa shape index (κ3) is 2.60. The maximum Gasteiger partial charge on any atom is 0.128 e. The van der Waals surface area contributed by atoms with Crippen molar-refractivity contribution in [2.24, 2.45) is 5.41 Å². The highest BCUT2D eigenvalue weighted by atomic mass is 16.5. The SMILES string of the molecule is Cc1cc2c(cc1C#N)OCC(C)(C)C=C2c1ccccn1. The summed E-state index contributed by atoms with van der Waals surface area (Å²) in [4.78, 5) is 4.49. The minimum atomic E-state index is -0.105. The van der Waals surface area contributed by atoms with Gasteiger partial charge in [-0.3, -0.25) is 4.98 Å². The lowest BCUT2D eigenvalue weighted by atomic mass is 9.88. The number of hydrogen-bond donors (Lipinski definition) is 0. The average molecular weight is 290 g/mol. The Morgan fingerprint density at radius 2 is 2.09 bits per heavy atom. The van der Waals surface area contributed by atoms with Gasteiger partial charge in [-0.2, -0.15) is 5.26 Å². The number of nitrogens with zero attached hydrogens (tertiary/aromatic N) is 2. The van der Waals surface area contributed by atoms with Crippen molar-refractivity contribution in [2.45, 2.75) is 20.8 Å². The summed E-state index contributed by atoms with van der Waals surface area (Å²) in [6.45, 7) is 6.80. The number of ether oxygens (including phenoxy) is 1. The molecule has 0 unspecified atom stereocenters. The molecule has 0 saturated carbocycles. The van der Waals surface area contributed by atoms with E-state index in [4.69, 9.17) is 4.74 Å². The summed E-state index contributed by atoms with van der Waals surface area (Å²) in [6, 6.07) is 12.0. The van der Waals surface area contributed by atoms with E-state index in [-0.39, 0.29) is 5.41 Å². The Hall–Kier alpha value is -2.60. The maximum atomic E-state index is 9.24. The Labute approximate surface area is 130 Å². The van der Waals surface area contributed by atoms with Gasteiger partial charge in [0.2, 0.25) is 0 Å². The Kier molecular flexibility index (Phi) is 3.46. The van der Waals surface area contributed by atoms with Crippen molar-refractivity contribution in [3.8, 4) is 11.8 Å². The topological polar surface area (TPSA) is 45.9 Å². The van der Waals surface area contributed by atoms with E-state index in [0.717, 1.165) is 28.1 Å². The van der Waals surface area contributed by atoms with Crippen LogP contribution in [0.5, 0.6) is 5.75 Å². The largest absolute Gasteiger partial charge is 0.492 e. The van der Waals surface area contributed by atoms with Crippen LogP contribution >= 0.6 is 0 Å². The molecule has 1 aromatic carbocycles. The van der Waals surface area contributed by atoms with Gasteiger partial charge in [0, 0.05) is 22.7 Å². The molecule has 1 aromatic heterocycles. The van der Waals surface area contributed by atoms with Gasteiger partial charge < -0.3 is 4.74 Å². The first-order valence-corrected chi connectivity index (χ1v) is 7.32. The molecule has 0 N–H and O–H groups in total. The Morgan fingerprint density at radius 1 is 1.27 bits per heavy atom. The van der Waals surface area contributed by atoms with Gasteiger partial charge in [0.05, 0.1) is 23.9 Å². The molecule has 0 saturated heterocycles. The second-order valence-electron chi connectivity index (χ2n) is 6.33. The lowest BCUT2D eigenvalue weighted by molar-refractivity contribution is 0.225. The van der Waals surface area contributed by atoms with Gasteiger partial charge in [-0.1, -0.05) is 26.0 Å². The number of nitriles is 1. The standard InChI is InChI=1S/C19H18N2O/c1-13-8-15-16(17-6-4-5-7-21-17)10-19(2,3)12-22-18(15)9-14(13)11-20/h4-10H,12H2,1-3H3. The van der Waals surface area contributed by atoms with E-state index in [1.807, 2.05) is 37.3 Å². The van der Waals surface area contributed by atoms with E-state index >= 15 is 0 Å². The highest BCUT2D eigenvalue weighted by molar-refractivity contribution is 5.83. The number of aryl methyl sites for hydroxylation is 1. The van der Waals surface area contributed by atoms with Crippen LogP contribution < -0.4 is 4.74 Å². The van der Waals surface area contributed by atoms with Crippen molar-refractivity contribution in [3.05, 3.63) is 65.0 Å². The second kappa shape index (κ2) is 5.31. The Morgan fingerprint density at radius 3 is 2.77 bits per heavy atom. The fourth-order valence-corrected chi connectivity index (χ4v) is 2.65. The van der Waals surface area contributed by atoms with Crippen molar-refractivity contribution in [1.29, 1.82) is 5.26 Å². The quantitative estimate of drug-likeness (QED) is 0.794. The first kappa shape index (κ1) is 14.3. The third-order valence-electron chi connectivity index (χ3n) is 3.81. The predicted octanol–water partition coefficient (Wildman–Crippen LogP) is 4.11. The summed E-state index contributed by atoms with van der Waals surface area (Å²) in [5, 5.41) is 9.24. The fourth-order valence-electron chi connectivity index (χ4n) is 2.65. The minimum Gasteiger partial charge on any atom is -0.492 e. The van der Waals surface area contributed by atoms with Crippen LogP contribution in [0.3, 0.4) is 0 Å². The number of aromatic nitrogens is 1. The van der Waals surface area contributed by atoms with Gasteiger partial charge >= 0.3 is 0 Å². The van der Waals surface area contributed by atoms with Crippen LogP contribution in [-0.2, 0) is 0 Å². The van der Waals surface area contributed by atoms with E-state index in [9.17, 15) is 5.26 Å². The number of rotatable bonds is 1. The summed E-state index contributed by atoms with van der Waals surface area (Å²) >= 11 is 0. The van der Waals surface area contributed by atoms with Crippen LogP contribution in [0.15, 0.2) is 42.6 Å². The lowest BCUT2D eigenvalue weighted by Gasteiger charge is -2.18. The Balaban J connectivity index is 2.25. The van der Waals surface area contributed by atoms with Gasteiger partial charge in [0.25, 0.3) is 0 Å². The van der Waals surface area contributed by atoms with Gasteiger partial charge in [-0.25, -0.2) is 0 Å². The summed E-state index contributed by atoms with van der Waals surface area (Å²) in [5.41, 5.74) is 4.48. The first-order valence-electron chi connectivity index (χ1n) is 7.32. The van der Waals surface area contributed by atoms with Crippen molar-refractivity contribution in [3.63, 3.8) is 0 Å². The fraction of sp³-hybridized carbons (Fsp3) is 0.263. The molecule has 110 valence electrons. The smallest absolute Gasteiger partial charge is 0.128 e. The average Bonchev–Trinajstić information content (AvgIpc) is 2.64. The van der Waals surface area contributed by atoms with Gasteiger partial charge in [0.15, 0.2) is 0 Å². The number of hydrogen-bond acceptors (Lipinski definition) is 3. The van der Waals surface area contributed by atoms with Crippen molar-refractivity contribution >= 4 is 5.57 Å². The molecule has 2 heterocycles. The monoisotopic (exact) mass is 290 g/mol. The zero-order chi connectivity index (χ0) is 15.7. The van der Waals surface area contributed by atoms with Gasteiger partial charge in [-0.05, 0) is 36.8 Å². The molecule has 3 heteroatoms. The highest BCUT2D eigenvalue weighted by Gasteiger charge is 2.25. The number of pyridine rings is 1. The van der Waals surface area contributed by atoms with Crippen molar-refractivity contribution in [1.82, 2.24) is 4.98 Å². The first-order chi connectivity index (χ1) is 10.5. The molecule has 22 heavy (non-hydrogen) atoms. The summed E-state index contributed by atoms with van der Waals surface area (Å²) < 4.78 is 5.98. The highest BCUT2D eigenvalue weighted by Crippen LogP contribution is 2.39. The molecule has 0 atom stereocenters. The van der Waals surface area contributed by atoms with E-state index in [1.165, 1.54) is 0 Å². The zero-order valence-electron chi connectivity index (χ0n) is 13.1. The number of benzene rings is 1. The van der Waals surface area contributed by atoms with Crippen LogP contribution in [0, 0.1) is 23.7 Å². The lowest BCUT2D eigenvalue weighted by Crippen LogP contribution is -2.17. The van der Waals surface area contributed by atoms with Crippen LogP contribution in [0.4, 0.5) is 0 Å². The predicted molar refractivity (Wildman–Crippen MR) is 86.5 cm³/mol. The molecule has 0 fully saturated rings. The van der Waals surface area contributed by atoms with Crippen LogP contribution in [0.25, 0.3) is 5.57 Å².